The van der Waals surface area contributed by atoms with Crippen LogP contribution in [0.5, 0.6) is 23.0 Å². The first-order valence-corrected chi connectivity index (χ1v) is 15.3. The molecule has 1 aromatic heterocycles. The third kappa shape index (κ3) is 7.96. The molecule has 1 aliphatic rings. The van der Waals surface area contributed by atoms with Crippen molar-refractivity contribution in [2.45, 2.75) is 46.0 Å². The van der Waals surface area contributed by atoms with Crippen LogP contribution < -0.4 is 24.8 Å². The van der Waals surface area contributed by atoms with Crippen molar-refractivity contribution < 1.29 is 23.4 Å². The summed E-state index contributed by atoms with van der Waals surface area (Å²) in [7, 11) is 1.59. The molecule has 0 aliphatic carbocycles. The van der Waals surface area contributed by atoms with E-state index >= 15 is 4.39 Å². The van der Waals surface area contributed by atoms with Crippen molar-refractivity contribution in [2.75, 3.05) is 44.0 Å². The molecule has 8 nitrogen and oxygen atoms in total. The summed E-state index contributed by atoms with van der Waals surface area (Å²) in [6.45, 7) is 10.4. The largest absolute Gasteiger partial charge is 0.493 e. The minimum Gasteiger partial charge on any atom is -0.493 e. The van der Waals surface area contributed by atoms with E-state index in [0.717, 1.165) is 32.0 Å². The van der Waals surface area contributed by atoms with Crippen LogP contribution in [0.2, 0.25) is 0 Å². The molecular weight excluding hydrogens is 559 g/mol. The summed E-state index contributed by atoms with van der Waals surface area (Å²) in [4.78, 5) is 19.4. The lowest BCUT2D eigenvalue weighted by Crippen LogP contribution is -2.34. The number of carbonyl (C=O) groups is 1. The number of fused-ring (bicyclic) bond motifs is 1. The Morgan fingerprint density at radius 2 is 1.68 bits per heavy atom. The Bertz CT molecular complexity index is 1570. The maximum atomic E-state index is 15.1. The average molecular weight is 601 g/mol. The number of aromatic nitrogens is 1. The fraction of sp³-hybridized carbons (Fsp3) is 0.371. The number of anilines is 2. The number of piperidine rings is 1. The minimum absolute atomic E-state index is 0.0131. The fourth-order valence-corrected chi connectivity index (χ4v) is 5.27. The number of likely N-dealkylation sites (tertiary alicyclic amines) is 1. The van der Waals surface area contributed by atoms with E-state index in [2.05, 4.69) is 41.3 Å². The molecule has 2 amide bonds. The highest BCUT2D eigenvalue weighted by molar-refractivity contribution is 5.99. The molecule has 1 saturated heterocycles. The van der Waals surface area contributed by atoms with Crippen LogP contribution in [0.1, 0.15) is 51.5 Å². The Morgan fingerprint density at radius 1 is 0.955 bits per heavy atom. The van der Waals surface area contributed by atoms with Gasteiger partial charge in [0.05, 0.1) is 19.2 Å². The maximum absolute atomic E-state index is 15.1. The van der Waals surface area contributed by atoms with Gasteiger partial charge in [-0.3, -0.25) is 4.98 Å². The Labute approximate surface area is 258 Å². The van der Waals surface area contributed by atoms with Crippen LogP contribution in [0.25, 0.3) is 10.9 Å². The minimum atomic E-state index is -0.621. The fourth-order valence-electron chi connectivity index (χ4n) is 5.27. The van der Waals surface area contributed by atoms with Crippen LogP contribution in [0.15, 0.2) is 66.9 Å². The lowest BCUT2D eigenvalue weighted by Gasteiger charge is -2.30. The highest BCUT2D eigenvalue weighted by Gasteiger charge is 2.17. The zero-order valence-electron chi connectivity index (χ0n) is 25.9. The van der Waals surface area contributed by atoms with Crippen molar-refractivity contribution in [3.63, 3.8) is 0 Å². The number of carbonyl (C=O) groups excluding carboxylic acids is 1. The lowest BCUT2D eigenvalue weighted by atomic mass is 9.99. The van der Waals surface area contributed by atoms with E-state index < -0.39 is 11.8 Å². The molecule has 0 radical (unpaired) electrons. The summed E-state index contributed by atoms with van der Waals surface area (Å²) in [5.41, 5.74) is 2.76. The van der Waals surface area contributed by atoms with Gasteiger partial charge in [-0.15, -0.1) is 0 Å². The van der Waals surface area contributed by atoms with E-state index in [1.54, 1.807) is 31.5 Å². The second-order valence-electron chi connectivity index (χ2n) is 11.7. The van der Waals surface area contributed by atoms with E-state index in [-0.39, 0.29) is 5.75 Å². The zero-order valence-corrected chi connectivity index (χ0v) is 25.9. The second-order valence-corrected chi connectivity index (χ2v) is 11.7. The number of nitrogens with zero attached hydrogens (tertiary/aromatic N) is 2. The second kappa shape index (κ2) is 14.4. The number of nitrogens with one attached hydrogen (secondary N) is 2. The van der Waals surface area contributed by atoms with Gasteiger partial charge in [0.1, 0.15) is 5.75 Å². The van der Waals surface area contributed by atoms with Crippen molar-refractivity contribution in [1.29, 1.82) is 0 Å². The summed E-state index contributed by atoms with van der Waals surface area (Å²) in [5.74, 6) is 2.17. The number of hydrogen-bond acceptors (Lipinski definition) is 6. The van der Waals surface area contributed by atoms with Gasteiger partial charge < -0.3 is 29.7 Å². The monoisotopic (exact) mass is 600 g/mol. The number of benzene rings is 3. The predicted molar refractivity (Wildman–Crippen MR) is 173 cm³/mol. The van der Waals surface area contributed by atoms with Crippen LogP contribution in [0.4, 0.5) is 20.6 Å². The molecule has 0 unspecified atom stereocenters. The normalized spacial score (nSPS) is 14.0. The molecule has 1 aliphatic heterocycles. The van der Waals surface area contributed by atoms with Gasteiger partial charge in [-0.05, 0) is 86.1 Å². The van der Waals surface area contributed by atoms with E-state index in [0.29, 0.717) is 52.1 Å². The van der Waals surface area contributed by atoms with E-state index in [1.165, 1.54) is 30.5 Å². The molecule has 1 fully saturated rings. The molecule has 232 valence electrons. The number of methoxy groups -OCH3 is 1. The maximum Gasteiger partial charge on any atom is 0.323 e. The molecule has 0 bridgehead atoms. The van der Waals surface area contributed by atoms with E-state index in [1.807, 2.05) is 30.3 Å². The SMILES string of the molecule is COc1cc2c(Oc3ccc(NC(=O)Nc4ccc(C(C)C)cc4)cc3F)ccnc2cc1OCCCN1CCC(C)CC1. The predicted octanol–water partition coefficient (Wildman–Crippen LogP) is 8.44. The van der Waals surface area contributed by atoms with Gasteiger partial charge in [0.25, 0.3) is 0 Å². The number of urea groups is 1. The quantitative estimate of drug-likeness (QED) is 0.168. The molecule has 0 spiro atoms. The van der Waals surface area contributed by atoms with Gasteiger partial charge in [0.15, 0.2) is 23.1 Å². The number of amides is 2. The summed E-state index contributed by atoms with van der Waals surface area (Å²) in [6, 6.07) is 16.7. The smallest absolute Gasteiger partial charge is 0.323 e. The number of rotatable bonds is 11. The Morgan fingerprint density at radius 3 is 2.39 bits per heavy atom. The van der Waals surface area contributed by atoms with Crippen molar-refractivity contribution in [3.8, 4) is 23.0 Å². The Balaban J connectivity index is 1.21. The summed E-state index contributed by atoms with van der Waals surface area (Å²) in [6.07, 6.45) is 5.04. The molecule has 9 heteroatoms. The summed E-state index contributed by atoms with van der Waals surface area (Å²) < 4.78 is 32.8. The number of hydrogen-bond donors (Lipinski definition) is 2. The van der Waals surface area contributed by atoms with Crippen molar-refractivity contribution in [2.24, 2.45) is 5.92 Å². The van der Waals surface area contributed by atoms with Gasteiger partial charge in [0.2, 0.25) is 0 Å². The Hall–Kier alpha value is -4.37. The van der Waals surface area contributed by atoms with Gasteiger partial charge >= 0.3 is 6.03 Å². The molecule has 2 N–H and O–H groups in total. The first-order valence-electron chi connectivity index (χ1n) is 15.3. The van der Waals surface area contributed by atoms with E-state index in [4.69, 9.17) is 14.2 Å². The standard InChI is InChI=1S/C35H41FN4O4/c1-23(2)25-6-8-26(9-7-25)38-35(41)39-27-10-11-32(29(36)20-27)44-31-12-15-37-30-22-34(33(42-4)21-28(30)31)43-19-5-16-40-17-13-24(3)14-18-40/h6-12,15,20-24H,5,13-14,16-19H2,1-4H3,(H2,38,39,41). The number of pyridine rings is 1. The highest BCUT2D eigenvalue weighted by Crippen LogP contribution is 2.38. The third-order valence-corrected chi connectivity index (χ3v) is 7.98. The van der Waals surface area contributed by atoms with Gasteiger partial charge in [-0.25, -0.2) is 9.18 Å². The van der Waals surface area contributed by atoms with Gasteiger partial charge in [0, 0.05) is 41.6 Å². The molecule has 4 aromatic rings. The van der Waals surface area contributed by atoms with Gasteiger partial charge in [-0.2, -0.15) is 0 Å². The van der Waals surface area contributed by atoms with Crippen LogP contribution >= 0.6 is 0 Å². The Kier molecular flexibility index (Phi) is 10.2. The molecule has 0 saturated carbocycles. The third-order valence-electron chi connectivity index (χ3n) is 7.98. The summed E-state index contributed by atoms with van der Waals surface area (Å²) >= 11 is 0. The molecule has 2 heterocycles. The van der Waals surface area contributed by atoms with Crippen LogP contribution in [-0.4, -0.2) is 49.3 Å². The summed E-state index contributed by atoms with van der Waals surface area (Å²) in [5, 5.41) is 6.08. The van der Waals surface area contributed by atoms with Gasteiger partial charge in [-0.1, -0.05) is 32.9 Å². The molecule has 44 heavy (non-hydrogen) atoms. The first kappa shape index (κ1) is 31.1. The van der Waals surface area contributed by atoms with Crippen molar-refractivity contribution in [1.82, 2.24) is 9.88 Å². The van der Waals surface area contributed by atoms with E-state index in [9.17, 15) is 4.79 Å². The molecule has 3 aromatic carbocycles. The molecule has 5 rings (SSSR count). The molecular formula is C35H41FN4O4. The highest BCUT2D eigenvalue weighted by atomic mass is 19.1. The lowest BCUT2D eigenvalue weighted by molar-refractivity contribution is 0.176. The number of halogens is 1. The molecule has 0 atom stereocenters. The van der Waals surface area contributed by atoms with Crippen LogP contribution in [0, 0.1) is 11.7 Å². The van der Waals surface area contributed by atoms with Crippen LogP contribution in [0.3, 0.4) is 0 Å². The van der Waals surface area contributed by atoms with Crippen LogP contribution in [-0.2, 0) is 0 Å². The topological polar surface area (TPSA) is 85.0 Å². The first-order chi connectivity index (χ1) is 21.3. The average Bonchev–Trinajstić information content (AvgIpc) is 3.01. The number of ether oxygens (including phenoxy) is 3. The van der Waals surface area contributed by atoms with Crippen molar-refractivity contribution >= 4 is 28.3 Å². The van der Waals surface area contributed by atoms with Crippen molar-refractivity contribution in [3.05, 3.63) is 78.2 Å². The zero-order chi connectivity index (χ0) is 31.1.